The molecule has 4 atom stereocenters. The van der Waals surface area contributed by atoms with Crippen LogP contribution in [0.4, 0.5) is 0 Å². The number of rotatable bonds is 11. The van der Waals surface area contributed by atoms with Gasteiger partial charge in [0.1, 0.15) is 0 Å². The molecule has 4 heteroatoms. The lowest BCUT2D eigenvalue weighted by Gasteiger charge is -2.28. The zero-order valence-electron chi connectivity index (χ0n) is 16.6. The zero-order chi connectivity index (χ0) is 19.2. The number of allylic oxidation sites excluding steroid dienone is 3. The molecule has 0 bridgehead atoms. The van der Waals surface area contributed by atoms with Gasteiger partial charge in [0.25, 0.3) is 0 Å². The van der Waals surface area contributed by atoms with E-state index in [1.807, 2.05) is 6.08 Å². The fraction of sp³-hybridized carbons (Fsp3) is 0.773. The number of carboxylic acid groups (broad SMARTS) is 1. The Morgan fingerprint density at radius 2 is 2.15 bits per heavy atom. The van der Waals surface area contributed by atoms with Crippen molar-refractivity contribution in [3.05, 3.63) is 23.8 Å². The molecule has 1 unspecified atom stereocenters. The van der Waals surface area contributed by atoms with Crippen molar-refractivity contribution in [3.8, 4) is 0 Å². The Labute approximate surface area is 158 Å². The first-order chi connectivity index (χ1) is 12.3. The summed E-state index contributed by atoms with van der Waals surface area (Å²) in [5.41, 5.74) is 1.26. The first-order valence-electron chi connectivity index (χ1n) is 10.2. The van der Waals surface area contributed by atoms with Crippen molar-refractivity contribution in [1.82, 2.24) is 0 Å². The SMILES string of the molecule is CCCCC(C)(C)C(O)C=CC1=CC[C@@H]2C[C@@H](OCCCC(=O)O)C[C@@H]12. The van der Waals surface area contributed by atoms with E-state index in [0.29, 0.717) is 24.9 Å². The van der Waals surface area contributed by atoms with Crippen molar-refractivity contribution in [2.75, 3.05) is 6.61 Å². The second-order valence-corrected chi connectivity index (χ2v) is 8.66. The Bertz CT molecular complexity index is 520. The van der Waals surface area contributed by atoms with E-state index in [0.717, 1.165) is 38.5 Å². The average Bonchev–Trinajstić information content (AvgIpc) is 3.15. The van der Waals surface area contributed by atoms with Crippen molar-refractivity contribution in [3.63, 3.8) is 0 Å². The van der Waals surface area contributed by atoms with E-state index >= 15 is 0 Å². The lowest BCUT2D eigenvalue weighted by molar-refractivity contribution is -0.137. The quantitative estimate of drug-likeness (QED) is 0.520. The zero-order valence-corrected chi connectivity index (χ0v) is 16.6. The van der Waals surface area contributed by atoms with Gasteiger partial charge in [-0.3, -0.25) is 4.79 Å². The Morgan fingerprint density at radius 1 is 1.38 bits per heavy atom. The maximum Gasteiger partial charge on any atom is 0.303 e. The number of aliphatic carboxylic acids is 1. The lowest BCUT2D eigenvalue weighted by Crippen LogP contribution is -2.27. The summed E-state index contributed by atoms with van der Waals surface area (Å²) in [5.74, 6) is 0.415. The second-order valence-electron chi connectivity index (χ2n) is 8.66. The van der Waals surface area contributed by atoms with Gasteiger partial charge < -0.3 is 14.9 Å². The molecule has 0 spiro atoms. The molecule has 26 heavy (non-hydrogen) atoms. The normalized spacial score (nSPS) is 26.9. The minimum absolute atomic E-state index is 0.0868. The van der Waals surface area contributed by atoms with Gasteiger partial charge in [0.2, 0.25) is 0 Å². The first kappa shape index (κ1) is 21.2. The van der Waals surface area contributed by atoms with Crippen molar-refractivity contribution < 1.29 is 19.7 Å². The molecule has 2 aliphatic carbocycles. The maximum atomic E-state index is 10.6. The van der Waals surface area contributed by atoms with Gasteiger partial charge in [-0.1, -0.05) is 51.8 Å². The summed E-state index contributed by atoms with van der Waals surface area (Å²) in [6.45, 7) is 7.00. The Morgan fingerprint density at radius 3 is 2.85 bits per heavy atom. The highest BCUT2D eigenvalue weighted by molar-refractivity contribution is 5.66. The number of carbonyl (C=O) groups is 1. The summed E-state index contributed by atoms with van der Waals surface area (Å²) in [4.78, 5) is 10.6. The van der Waals surface area contributed by atoms with Gasteiger partial charge in [-0.05, 0) is 54.9 Å². The Kier molecular flexibility index (Phi) is 7.90. The van der Waals surface area contributed by atoms with E-state index in [9.17, 15) is 9.90 Å². The molecule has 1 fully saturated rings. The van der Waals surface area contributed by atoms with Crippen LogP contribution >= 0.6 is 0 Å². The predicted molar refractivity (Wildman–Crippen MR) is 104 cm³/mol. The number of hydrogen-bond acceptors (Lipinski definition) is 3. The molecule has 0 aliphatic heterocycles. The van der Waals surface area contributed by atoms with Crippen molar-refractivity contribution in [2.24, 2.45) is 17.3 Å². The van der Waals surface area contributed by atoms with Crippen LogP contribution in [0.25, 0.3) is 0 Å². The number of ether oxygens (including phenoxy) is 1. The third kappa shape index (κ3) is 5.95. The number of fused-ring (bicyclic) bond motifs is 1. The molecule has 1 saturated carbocycles. The number of carboxylic acids is 1. The summed E-state index contributed by atoms with van der Waals surface area (Å²) in [6.07, 6.45) is 13.5. The summed E-state index contributed by atoms with van der Waals surface area (Å²) in [6, 6.07) is 0. The summed E-state index contributed by atoms with van der Waals surface area (Å²) >= 11 is 0. The number of unbranched alkanes of at least 4 members (excludes halogenated alkanes) is 1. The Hall–Kier alpha value is -1.13. The van der Waals surface area contributed by atoms with E-state index in [4.69, 9.17) is 9.84 Å². The van der Waals surface area contributed by atoms with Crippen LogP contribution in [0.15, 0.2) is 23.8 Å². The van der Waals surface area contributed by atoms with Crippen LogP contribution in [0.2, 0.25) is 0 Å². The minimum Gasteiger partial charge on any atom is -0.481 e. The molecular formula is C22H36O4. The van der Waals surface area contributed by atoms with Gasteiger partial charge in [0.15, 0.2) is 0 Å². The second kappa shape index (κ2) is 9.70. The van der Waals surface area contributed by atoms with Gasteiger partial charge in [0.05, 0.1) is 12.2 Å². The average molecular weight is 365 g/mol. The molecule has 0 aromatic rings. The molecule has 0 aromatic heterocycles. The van der Waals surface area contributed by atoms with E-state index in [2.05, 4.69) is 32.9 Å². The van der Waals surface area contributed by atoms with Gasteiger partial charge in [0, 0.05) is 13.0 Å². The molecule has 0 amide bonds. The highest BCUT2D eigenvalue weighted by Crippen LogP contribution is 2.46. The van der Waals surface area contributed by atoms with Gasteiger partial charge >= 0.3 is 5.97 Å². The van der Waals surface area contributed by atoms with Crippen LogP contribution in [0.5, 0.6) is 0 Å². The van der Waals surface area contributed by atoms with E-state index in [1.165, 1.54) is 5.57 Å². The van der Waals surface area contributed by atoms with E-state index < -0.39 is 12.1 Å². The summed E-state index contributed by atoms with van der Waals surface area (Å²) in [5, 5.41) is 19.2. The predicted octanol–water partition coefficient (Wildman–Crippen LogP) is 4.73. The number of aliphatic hydroxyl groups excluding tert-OH is 1. The van der Waals surface area contributed by atoms with Gasteiger partial charge in [-0.15, -0.1) is 0 Å². The third-order valence-electron chi connectivity index (χ3n) is 6.07. The molecule has 0 heterocycles. The Balaban J connectivity index is 1.80. The third-order valence-corrected chi connectivity index (χ3v) is 6.07. The highest BCUT2D eigenvalue weighted by Gasteiger charge is 2.38. The van der Waals surface area contributed by atoms with Crippen molar-refractivity contribution in [1.29, 1.82) is 0 Å². The van der Waals surface area contributed by atoms with Crippen LogP contribution in [-0.2, 0) is 9.53 Å². The molecule has 2 rings (SSSR count). The molecule has 2 N–H and O–H groups in total. The van der Waals surface area contributed by atoms with Crippen LogP contribution in [0.3, 0.4) is 0 Å². The lowest BCUT2D eigenvalue weighted by atomic mass is 9.81. The van der Waals surface area contributed by atoms with Crippen LogP contribution < -0.4 is 0 Å². The largest absolute Gasteiger partial charge is 0.481 e. The molecule has 0 aromatic carbocycles. The van der Waals surface area contributed by atoms with Crippen LogP contribution in [0, 0.1) is 17.3 Å². The van der Waals surface area contributed by atoms with E-state index in [-0.39, 0.29) is 17.9 Å². The summed E-state index contributed by atoms with van der Waals surface area (Å²) < 4.78 is 5.90. The molecule has 0 saturated heterocycles. The minimum atomic E-state index is -0.757. The molecule has 4 nitrogen and oxygen atoms in total. The van der Waals surface area contributed by atoms with Gasteiger partial charge in [-0.2, -0.15) is 0 Å². The first-order valence-corrected chi connectivity index (χ1v) is 10.2. The van der Waals surface area contributed by atoms with Crippen molar-refractivity contribution >= 4 is 5.97 Å². The van der Waals surface area contributed by atoms with E-state index in [1.54, 1.807) is 0 Å². The smallest absolute Gasteiger partial charge is 0.303 e. The fourth-order valence-corrected chi connectivity index (χ4v) is 4.23. The van der Waals surface area contributed by atoms with Gasteiger partial charge in [-0.25, -0.2) is 0 Å². The summed E-state index contributed by atoms with van der Waals surface area (Å²) in [7, 11) is 0. The molecule has 0 radical (unpaired) electrons. The topological polar surface area (TPSA) is 66.8 Å². The number of aliphatic hydroxyl groups is 1. The molecule has 2 aliphatic rings. The molecule has 148 valence electrons. The molecular weight excluding hydrogens is 328 g/mol. The standard InChI is InChI=1S/C22H36O4/c1-4-5-12-22(2,3)20(23)11-10-16-8-9-17-14-18(15-19(16)17)26-13-6-7-21(24)25/h8,10-11,17-20,23H,4-7,9,12-15H2,1-3H3,(H,24,25)/t17-,18-,19+,20?/m1/s1. The van der Waals surface area contributed by atoms with Crippen LogP contribution in [0.1, 0.15) is 72.1 Å². The maximum absolute atomic E-state index is 10.6. The fourth-order valence-electron chi connectivity index (χ4n) is 4.23. The highest BCUT2D eigenvalue weighted by atomic mass is 16.5. The van der Waals surface area contributed by atoms with Crippen molar-refractivity contribution in [2.45, 2.75) is 84.3 Å². The number of hydrogen-bond donors (Lipinski definition) is 2. The van der Waals surface area contributed by atoms with Crippen LogP contribution in [-0.4, -0.2) is 35.0 Å². The monoisotopic (exact) mass is 364 g/mol.